The molecule has 0 bridgehead atoms. The molecule has 144 valence electrons. The second kappa shape index (κ2) is 8.37. The molecule has 0 atom stereocenters. The van der Waals surface area contributed by atoms with Crippen LogP contribution in [0.15, 0.2) is 28.7 Å². The Hall–Kier alpha value is -0.960. The van der Waals surface area contributed by atoms with Crippen molar-refractivity contribution in [1.82, 2.24) is 13.5 Å². The third-order valence-electron chi connectivity index (χ3n) is 5.41. The summed E-state index contributed by atoms with van der Waals surface area (Å²) in [6.07, 6.45) is 5.27. The standard InChI is InChI=1S/C18H26BrN3O3S/c1-20(15-7-3-2-4-8-15)26(24,25)22-13-11-21(12-14-22)18(23)16-9-5-6-10-17(16)19/h5-6,9-10,15H,2-4,7-8,11-14H2,1H3. The Kier molecular flexibility index (Phi) is 6.37. The van der Waals surface area contributed by atoms with Crippen LogP contribution in [0.4, 0.5) is 0 Å². The van der Waals surface area contributed by atoms with E-state index in [1.165, 1.54) is 10.7 Å². The summed E-state index contributed by atoms with van der Waals surface area (Å²) < 4.78 is 29.7. The highest BCUT2D eigenvalue weighted by Crippen LogP contribution is 2.25. The van der Waals surface area contributed by atoms with E-state index in [2.05, 4.69) is 15.9 Å². The molecule has 26 heavy (non-hydrogen) atoms. The molecule has 1 aromatic carbocycles. The average Bonchev–Trinajstić information content (AvgIpc) is 2.68. The first-order chi connectivity index (χ1) is 12.4. The second-order valence-corrected chi connectivity index (χ2v) is 9.83. The van der Waals surface area contributed by atoms with Crippen molar-refractivity contribution in [2.45, 2.75) is 38.1 Å². The molecule has 1 heterocycles. The number of nitrogens with zero attached hydrogens (tertiary/aromatic N) is 3. The molecule has 3 rings (SSSR count). The Bertz CT molecular complexity index is 742. The fourth-order valence-electron chi connectivity index (χ4n) is 3.74. The summed E-state index contributed by atoms with van der Waals surface area (Å²) in [6, 6.07) is 7.43. The van der Waals surface area contributed by atoms with Gasteiger partial charge in [-0.05, 0) is 40.9 Å². The molecule has 1 saturated carbocycles. The molecule has 2 aliphatic rings. The lowest BCUT2D eigenvalue weighted by molar-refractivity contribution is 0.0692. The van der Waals surface area contributed by atoms with E-state index in [0.717, 1.165) is 30.2 Å². The summed E-state index contributed by atoms with van der Waals surface area (Å²) in [6.45, 7) is 1.51. The minimum absolute atomic E-state index is 0.0600. The summed E-state index contributed by atoms with van der Waals surface area (Å²) in [4.78, 5) is 14.4. The van der Waals surface area contributed by atoms with E-state index in [1.54, 1.807) is 22.3 Å². The third kappa shape index (κ3) is 4.13. The molecule has 0 spiro atoms. The summed E-state index contributed by atoms with van der Waals surface area (Å²) in [7, 11) is -1.77. The lowest BCUT2D eigenvalue weighted by Crippen LogP contribution is -2.55. The average molecular weight is 444 g/mol. The zero-order chi connectivity index (χ0) is 18.7. The highest BCUT2D eigenvalue weighted by molar-refractivity contribution is 9.10. The molecule has 2 fully saturated rings. The summed E-state index contributed by atoms with van der Waals surface area (Å²) in [5, 5.41) is 0. The minimum atomic E-state index is -3.46. The monoisotopic (exact) mass is 443 g/mol. The SMILES string of the molecule is CN(C1CCCCC1)S(=O)(=O)N1CCN(C(=O)c2ccccc2Br)CC1. The van der Waals surface area contributed by atoms with E-state index in [1.807, 2.05) is 18.2 Å². The van der Waals surface area contributed by atoms with Gasteiger partial charge in [-0.2, -0.15) is 17.0 Å². The number of benzene rings is 1. The van der Waals surface area contributed by atoms with Crippen molar-refractivity contribution in [2.75, 3.05) is 33.2 Å². The van der Waals surface area contributed by atoms with Crippen molar-refractivity contribution in [2.24, 2.45) is 0 Å². The number of hydrogen-bond donors (Lipinski definition) is 0. The lowest BCUT2D eigenvalue weighted by Gasteiger charge is -2.38. The Labute approximate surface area is 164 Å². The van der Waals surface area contributed by atoms with E-state index in [-0.39, 0.29) is 11.9 Å². The van der Waals surface area contributed by atoms with Crippen molar-refractivity contribution in [1.29, 1.82) is 0 Å². The maximum Gasteiger partial charge on any atom is 0.282 e. The number of carbonyl (C=O) groups is 1. The van der Waals surface area contributed by atoms with Gasteiger partial charge in [0.1, 0.15) is 0 Å². The van der Waals surface area contributed by atoms with Gasteiger partial charge in [0.15, 0.2) is 0 Å². The van der Waals surface area contributed by atoms with Gasteiger partial charge in [-0.15, -0.1) is 0 Å². The van der Waals surface area contributed by atoms with Crippen LogP contribution in [0.2, 0.25) is 0 Å². The first-order valence-electron chi connectivity index (χ1n) is 9.18. The molecule has 1 saturated heterocycles. The molecule has 0 radical (unpaired) electrons. The van der Waals surface area contributed by atoms with Crippen molar-refractivity contribution < 1.29 is 13.2 Å². The minimum Gasteiger partial charge on any atom is -0.336 e. The first kappa shape index (κ1) is 19.8. The quantitative estimate of drug-likeness (QED) is 0.718. The number of halogens is 1. The molecule has 1 aliphatic carbocycles. The van der Waals surface area contributed by atoms with Gasteiger partial charge < -0.3 is 4.90 Å². The molecular weight excluding hydrogens is 418 g/mol. The normalized spacial score (nSPS) is 20.5. The van der Waals surface area contributed by atoms with Gasteiger partial charge >= 0.3 is 0 Å². The lowest BCUT2D eigenvalue weighted by atomic mass is 9.96. The Balaban J connectivity index is 1.62. The largest absolute Gasteiger partial charge is 0.336 e. The summed E-state index contributed by atoms with van der Waals surface area (Å²) >= 11 is 3.41. The third-order valence-corrected chi connectivity index (χ3v) is 8.14. The molecule has 0 N–H and O–H groups in total. The van der Waals surface area contributed by atoms with E-state index in [0.29, 0.717) is 31.7 Å². The Morgan fingerprint density at radius 2 is 1.69 bits per heavy atom. The maximum atomic E-state index is 12.9. The molecule has 0 unspecified atom stereocenters. The predicted octanol–water partition coefficient (Wildman–Crippen LogP) is 2.72. The highest BCUT2D eigenvalue weighted by atomic mass is 79.9. The smallest absolute Gasteiger partial charge is 0.282 e. The van der Waals surface area contributed by atoms with E-state index in [4.69, 9.17) is 0 Å². The molecule has 1 amide bonds. The van der Waals surface area contributed by atoms with Gasteiger partial charge in [0, 0.05) is 43.7 Å². The van der Waals surface area contributed by atoms with Crippen molar-refractivity contribution in [3.63, 3.8) is 0 Å². The molecule has 6 nitrogen and oxygen atoms in total. The van der Waals surface area contributed by atoms with E-state index < -0.39 is 10.2 Å². The topological polar surface area (TPSA) is 60.9 Å². The van der Waals surface area contributed by atoms with Gasteiger partial charge in [0.2, 0.25) is 0 Å². The van der Waals surface area contributed by atoms with Crippen molar-refractivity contribution >= 4 is 32.0 Å². The molecule has 1 aliphatic heterocycles. The summed E-state index contributed by atoms with van der Waals surface area (Å²) in [5.41, 5.74) is 0.614. The predicted molar refractivity (Wildman–Crippen MR) is 105 cm³/mol. The van der Waals surface area contributed by atoms with Crippen LogP contribution in [0.25, 0.3) is 0 Å². The summed E-state index contributed by atoms with van der Waals surface area (Å²) in [5.74, 6) is -0.0600. The van der Waals surface area contributed by atoms with Crippen LogP contribution in [-0.4, -0.2) is 67.1 Å². The Morgan fingerprint density at radius 1 is 1.08 bits per heavy atom. The van der Waals surface area contributed by atoms with Crippen LogP contribution in [0.1, 0.15) is 42.5 Å². The van der Waals surface area contributed by atoms with Crippen LogP contribution in [0.3, 0.4) is 0 Å². The van der Waals surface area contributed by atoms with Gasteiger partial charge in [0.25, 0.3) is 16.1 Å². The highest BCUT2D eigenvalue weighted by Gasteiger charge is 2.35. The van der Waals surface area contributed by atoms with Gasteiger partial charge in [-0.25, -0.2) is 0 Å². The van der Waals surface area contributed by atoms with Crippen LogP contribution in [-0.2, 0) is 10.2 Å². The van der Waals surface area contributed by atoms with Crippen LogP contribution in [0, 0.1) is 0 Å². The van der Waals surface area contributed by atoms with Crippen LogP contribution in [0.5, 0.6) is 0 Å². The van der Waals surface area contributed by atoms with Crippen LogP contribution < -0.4 is 0 Å². The maximum absolute atomic E-state index is 12.9. The molecular formula is C18H26BrN3O3S. The zero-order valence-corrected chi connectivity index (χ0v) is 17.5. The molecule has 1 aromatic rings. The van der Waals surface area contributed by atoms with Gasteiger partial charge in [-0.3, -0.25) is 4.79 Å². The number of carbonyl (C=O) groups excluding carboxylic acids is 1. The van der Waals surface area contributed by atoms with Gasteiger partial charge in [-0.1, -0.05) is 31.4 Å². The number of rotatable bonds is 4. The first-order valence-corrected chi connectivity index (χ1v) is 11.4. The molecule has 8 heteroatoms. The second-order valence-electron chi connectivity index (χ2n) is 6.99. The number of piperazine rings is 1. The number of amides is 1. The Morgan fingerprint density at radius 3 is 2.31 bits per heavy atom. The van der Waals surface area contributed by atoms with E-state index in [9.17, 15) is 13.2 Å². The van der Waals surface area contributed by atoms with Crippen LogP contribution >= 0.6 is 15.9 Å². The van der Waals surface area contributed by atoms with Crippen molar-refractivity contribution in [3.05, 3.63) is 34.3 Å². The fraction of sp³-hybridized carbons (Fsp3) is 0.611. The van der Waals surface area contributed by atoms with Gasteiger partial charge in [0.05, 0.1) is 5.56 Å². The van der Waals surface area contributed by atoms with Crippen molar-refractivity contribution in [3.8, 4) is 0 Å². The fourth-order valence-corrected chi connectivity index (χ4v) is 5.77. The van der Waals surface area contributed by atoms with E-state index >= 15 is 0 Å². The zero-order valence-electron chi connectivity index (χ0n) is 15.1. The number of hydrogen-bond acceptors (Lipinski definition) is 3. The molecule has 0 aromatic heterocycles.